The quantitative estimate of drug-likeness (QED) is 0.934. The summed E-state index contributed by atoms with van der Waals surface area (Å²) in [6.45, 7) is 3.81. The van der Waals surface area contributed by atoms with Gasteiger partial charge < -0.3 is 19.5 Å². The van der Waals surface area contributed by atoms with Crippen molar-refractivity contribution in [2.24, 2.45) is 7.05 Å². The lowest BCUT2D eigenvalue weighted by Gasteiger charge is -2.19. The summed E-state index contributed by atoms with van der Waals surface area (Å²) in [5.41, 5.74) is 2.99. The standard InChI is InChI=1S/C15H19N3O3/c1-10-12(15(19-3)18(2)17-10)9-16-11-4-5-13-14(8-11)21-7-6-20-13/h4-5,8,16H,6-7,9H2,1-3H3. The highest BCUT2D eigenvalue weighted by atomic mass is 16.6. The Morgan fingerprint density at radius 3 is 2.81 bits per heavy atom. The third-order valence-corrected chi connectivity index (χ3v) is 3.49. The summed E-state index contributed by atoms with van der Waals surface area (Å²) in [6, 6.07) is 5.85. The van der Waals surface area contributed by atoms with Gasteiger partial charge >= 0.3 is 0 Å². The van der Waals surface area contributed by atoms with Crippen molar-refractivity contribution < 1.29 is 14.2 Å². The minimum absolute atomic E-state index is 0.589. The summed E-state index contributed by atoms with van der Waals surface area (Å²) >= 11 is 0. The van der Waals surface area contributed by atoms with Crippen molar-refractivity contribution >= 4 is 5.69 Å². The molecular formula is C15H19N3O3. The summed E-state index contributed by atoms with van der Waals surface area (Å²) in [5, 5.41) is 7.74. The molecule has 0 unspecified atom stereocenters. The van der Waals surface area contributed by atoms with E-state index in [9.17, 15) is 0 Å². The number of nitrogens with zero attached hydrogens (tertiary/aromatic N) is 2. The van der Waals surface area contributed by atoms with Crippen LogP contribution in [-0.4, -0.2) is 30.1 Å². The largest absolute Gasteiger partial charge is 0.486 e. The van der Waals surface area contributed by atoms with Gasteiger partial charge in [-0.3, -0.25) is 0 Å². The van der Waals surface area contributed by atoms with Crippen LogP contribution in [-0.2, 0) is 13.6 Å². The number of nitrogens with one attached hydrogen (secondary N) is 1. The van der Waals surface area contributed by atoms with Gasteiger partial charge in [0, 0.05) is 25.3 Å². The van der Waals surface area contributed by atoms with E-state index in [2.05, 4.69) is 10.4 Å². The molecule has 0 amide bonds. The molecule has 0 spiro atoms. The van der Waals surface area contributed by atoms with Gasteiger partial charge in [0.2, 0.25) is 5.88 Å². The molecule has 2 aromatic rings. The fraction of sp³-hybridized carbons (Fsp3) is 0.400. The number of aromatic nitrogens is 2. The number of hydrogen-bond donors (Lipinski definition) is 1. The van der Waals surface area contributed by atoms with Crippen LogP contribution in [0.1, 0.15) is 11.3 Å². The van der Waals surface area contributed by atoms with Gasteiger partial charge in [0.25, 0.3) is 0 Å². The first-order chi connectivity index (χ1) is 10.2. The van der Waals surface area contributed by atoms with E-state index >= 15 is 0 Å². The number of ether oxygens (including phenoxy) is 3. The van der Waals surface area contributed by atoms with E-state index in [1.165, 1.54) is 0 Å². The molecule has 0 radical (unpaired) electrons. The summed E-state index contributed by atoms with van der Waals surface area (Å²) in [4.78, 5) is 0. The average Bonchev–Trinajstić information content (AvgIpc) is 2.78. The van der Waals surface area contributed by atoms with Crippen LogP contribution >= 0.6 is 0 Å². The van der Waals surface area contributed by atoms with E-state index < -0.39 is 0 Å². The fourth-order valence-electron chi connectivity index (χ4n) is 2.48. The molecule has 6 heteroatoms. The van der Waals surface area contributed by atoms with Gasteiger partial charge in [-0.25, -0.2) is 4.68 Å². The molecule has 21 heavy (non-hydrogen) atoms. The number of benzene rings is 1. The Kier molecular flexibility index (Phi) is 3.60. The van der Waals surface area contributed by atoms with Crippen molar-refractivity contribution in [2.75, 3.05) is 25.6 Å². The van der Waals surface area contributed by atoms with Crippen LogP contribution in [0.15, 0.2) is 18.2 Å². The molecule has 0 saturated carbocycles. The highest BCUT2D eigenvalue weighted by Gasteiger charge is 2.15. The molecular weight excluding hydrogens is 270 g/mol. The van der Waals surface area contributed by atoms with E-state index in [-0.39, 0.29) is 0 Å². The average molecular weight is 289 g/mol. The molecule has 3 rings (SSSR count). The molecule has 6 nitrogen and oxygen atoms in total. The highest BCUT2D eigenvalue weighted by molar-refractivity contribution is 5.55. The third-order valence-electron chi connectivity index (χ3n) is 3.49. The van der Waals surface area contributed by atoms with Gasteiger partial charge in [-0.1, -0.05) is 0 Å². The monoisotopic (exact) mass is 289 g/mol. The third kappa shape index (κ3) is 2.61. The molecule has 1 N–H and O–H groups in total. The Labute approximate surface area is 123 Å². The second kappa shape index (κ2) is 5.55. The number of anilines is 1. The van der Waals surface area contributed by atoms with E-state index in [0.29, 0.717) is 19.8 Å². The zero-order valence-corrected chi connectivity index (χ0v) is 12.5. The lowest BCUT2D eigenvalue weighted by Crippen LogP contribution is -2.15. The molecule has 0 saturated heterocycles. The van der Waals surface area contributed by atoms with Gasteiger partial charge in [0.15, 0.2) is 11.5 Å². The van der Waals surface area contributed by atoms with Crippen molar-refractivity contribution in [3.8, 4) is 17.4 Å². The van der Waals surface area contributed by atoms with Crippen LogP contribution < -0.4 is 19.5 Å². The van der Waals surface area contributed by atoms with Gasteiger partial charge in [0.05, 0.1) is 18.4 Å². The van der Waals surface area contributed by atoms with Crippen molar-refractivity contribution in [1.82, 2.24) is 9.78 Å². The predicted octanol–water partition coefficient (Wildman–Crippen LogP) is 2.12. The van der Waals surface area contributed by atoms with Crippen LogP contribution in [0.25, 0.3) is 0 Å². The number of fused-ring (bicyclic) bond motifs is 1. The molecule has 1 aromatic heterocycles. The first kappa shape index (κ1) is 13.6. The normalized spacial score (nSPS) is 13.1. The van der Waals surface area contributed by atoms with E-state index in [1.54, 1.807) is 11.8 Å². The van der Waals surface area contributed by atoms with Gasteiger partial charge in [-0.05, 0) is 19.1 Å². The lowest BCUT2D eigenvalue weighted by atomic mass is 10.2. The number of aryl methyl sites for hydroxylation is 2. The summed E-state index contributed by atoms with van der Waals surface area (Å²) in [6.07, 6.45) is 0. The lowest BCUT2D eigenvalue weighted by molar-refractivity contribution is 0.171. The molecule has 1 aliphatic heterocycles. The molecule has 1 aromatic carbocycles. The van der Waals surface area contributed by atoms with Crippen molar-refractivity contribution in [3.63, 3.8) is 0 Å². The van der Waals surface area contributed by atoms with Crippen LogP contribution in [0.3, 0.4) is 0 Å². The van der Waals surface area contributed by atoms with Crippen molar-refractivity contribution in [2.45, 2.75) is 13.5 Å². The maximum Gasteiger partial charge on any atom is 0.216 e. The minimum atomic E-state index is 0.589. The SMILES string of the molecule is COc1c(CNc2ccc3c(c2)OCCO3)c(C)nn1C. The van der Waals surface area contributed by atoms with Crippen LogP contribution in [0.2, 0.25) is 0 Å². The second-order valence-corrected chi connectivity index (χ2v) is 4.91. The Morgan fingerprint density at radius 1 is 1.29 bits per heavy atom. The van der Waals surface area contributed by atoms with E-state index in [0.717, 1.165) is 34.3 Å². The van der Waals surface area contributed by atoms with Gasteiger partial charge in [-0.15, -0.1) is 0 Å². The molecule has 2 heterocycles. The smallest absolute Gasteiger partial charge is 0.216 e. The Hall–Kier alpha value is -2.37. The zero-order valence-electron chi connectivity index (χ0n) is 12.5. The van der Waals surface area contributed by atoms with Crippen molar-refractivity contribution in [1.29, 1.82) is 0 Å². The Bertz CT molecular complexity index is 652. The predicted molar refractivity (Wildman–Crippen MR) is 79.3 cm³/mol. The maximum atomic E-state index is 5.58. The summed E-state index contributed by atoms with van der Waals surface area (Å²) < 4.78 is 18.2. The van der Waals surface area contributed by atoms with E-state index in [1.807, 2.05) is 32.2 Å². The summed E-state index contributed by atoms with van der Waals surface area (Å²) in [5.74, 6) is 2.35. The molecule has 0 bridgehead atoms. The molecule has 0 fully saturated rings. The summed E-state index contributed by atoms with van der Waals surface area (Å²) in [7, 11) is 3.53. The van der Waals surface area contributed by atoms with Gasteiger partial charge in [-0.2, -0.15) is 5.10 Å². The van der Waals surface area contributed by atoms with Crippen molar-refractivity contribution in [3.05, 3.63) is 29.5 Å². The highest BCUT2D eigenvalue weighted by Crippen LogP contribution is 2.33. The maximum absolute atomic E-state index is 5.58. The number of methoxy groups -OCH3 is 1. The Balaban J connectivity index is 1.76. The number of hydrogen-bond acceptors (Lipinski definition) is 5. The molecule has 1 aliphatic rings. The molecule has 112 valence electrons. The van der Waals surface area contributed by atoms with Crippen LogP contribution in [0, 0.1) is 6.92 Å². The van der Waals surface area contributed by atoms with E-state index in [4.69, 9.17) is 14.2 Å². The first-order valence-electron chi connectivity index (χ1n) is 6.89. The Morgan fingerprint density at radius 2 is 2.05 bits per heavy atom. The van der Waals surface area contributed by atoms with Crippen LogP contribution in [0.5, 0.6) is 17.4 Å². The molecule has 0 atom stereocenters. The molecule has 0 aliphatic carbocycles. The number of rotatable bonds is 4. The first-order valence-corrected chi connectivity index (χ1v) is 6.89. The minimum Gasteiger partial charge on any atom is -0.486 e. The zero-order chi connectivity index (χ0) is 14.8. The topological polar surface area (TPSA) is 57.5 Å². The van der Waals surface area contributed by atoms with Crippen LogP contribution in [0.4, 0.5) is 5.69 Å². The van der Waals surface area contributed by atoms with Gasteiger partial charge in [0.1, 0.15) is 13.2 Å². The second-order valence-electron chi connectivity index (χ2n) is 4.91. The fourth-order valence-corrected chi connectivity index (χ4v) is 2.48.